The summed E-state index contributed by atoms with van der Waals surface area (Å²) in [5.74, 6) is 0.197. The molecule has 0 fully saturated rings. The summed E-state index contributed by atoms with van der Waals surface area (Å²) in [5.41, 5.74) is 1.63. The lowest BCUT2D eigenvalue weighted by atomic mass is 10.00. The number of rotatable bonds is 6. The number of carbonyl (C=O) groups excluding carboxylic acids is 1. The van der Waals surface area contributed by atoms with Crippen LogP contribution >= 0.6 is 0 Å². The Kier molecular flexibility index (Phi) is 5.78. The number of fused-ring (bicyclic) bond motifs is 1. The number of para-hydroxylation sites is 1. The normalized spacial score (nSPS) is 12.3. The lowest BCUT2D eigenvalue weighted by molar-refractivity contribution is -0.122. The molecule has 0 aliphatic carbocycles. The molecule has 0 aliphatic heterocycles. The van der Waals surface area contributed by atoms with Crippen molar-refractivity contribution in [1.82, 2.24) is 14.9 Å². The fourth-order valence-corrected chi connectivity index (χ4v) is 3.27. The highest BCUT2D eigenvalue weighted by molar-refractivity contribution is 5.79. The predicted octanol–water partition coefficient (Wildman–Crippen LogP) is 2.77. The van der Waals surface area contributed by atoms with Crippen molar-refractivity contribution in [3.63, 3.8) is 0 Å². The van der Waals surface area contributed by atoms with Gasteiger partial charge in [-0.1, -0.05) is 50.2 Å². The molecule has 1 unspecified atom stereocenters. The Labute approximate surface area is 163 Å². The first-order valence-corrected chi connectivity index (χ1v) is 9.45. The molecule has 1 aromatic heterocycles. The average molecular weight is 379 g/mol. The van der Waals surface area contributed by atoms with Crippen molar-refractivity contribution in [2.75, 3.05) is 0 Å². The second-order valence-electron chi connectivity index (χ2n) is 7.50. The fourth-order valence-electron chi connectivity index (χ4n) is 3.27. The second-order valence-corrected chi connectivity index (χ2v) is 7.50. The van der Waals surface area contributed by atoms with Gasteiger partial charge in [0.25, 0.3) is 5.56 Å². The van der Waals surface area contributed by atoms with Gasteiger partial charge in [0.2, 0.25) is 5.91 Å². The standard InChI is InChI=1S/C22H25N3O3/c1-14(2)12-16-8-10-17(11-9-16)15(3)23-20(26)13-25-21(27)18-6-4-5-7-19(18)24-22(25)28/h4-11,14-15H,12-13H2,1-3H3,(H,23,26)(H,24,28). The van der Waals surface area contributed by atoms with Gasteiger partial charge in [-0.3, -0.25) is 14.2 Å². The van der Waals surface area contributed by atoms with Crippen LogP contribution in [0.4, 0.5) is 0 Å². The smallest absolute Gasteiger partial charge is 0.329 e. The van der Waals surface area contributed by atoms with Crippen molar-refractivity contribution in [3.8, 4) is 0 Å². The Morgan fingerprint density at radius 3 is 2.39 bits per heavy atom. The van der Waals surface area contributed by atoms with Gasteiger partial charge in [-0.05, 0) is 42.5 Å². The number of carbonyl (C=O) groups is 1. The summed E-state index contributed by atoms with van der Waals surface area (Å²) in [6.45, 7) is 5.90. The summed E-state index contributed by atoms with van der Waals surface area (Å²) in [5, 5.41) is 3.23. The van der Waals surface area contributed by atoms with Crippen LogP contribution in [0.25, 0.3) is 10.9 Å². The Morgan fingerprint density at radius 1 is 1.04 bits per heavy atom. The minimum atomic E-state index is -0.593. The van der Waals surface area contributed by atoms with Gasteiger partial charge in [-0.25, -0.2) is 4.79 Å². The molecule has 0 radical (unpaired) electrons. The van der Waals surface area contributed by atoms with Crippen molar-refractivity contribution < 1.29 is 4.79 Å². The molecule has 3 aromatic rings. The lowest BCUT2D eigenvalue weighted by Crippen LogP contribution is -2.41. The first-order valence-electron chi connectivity index (χ1n) is 9.45. The van der Waals surface area contributed by atoms with E-state index in [4.69, 9.17) is 0 Å². The monoisotopic (exact) mass is 379 g/mol. The number of hydrogen-bond acceptors (Lipinski definition) is 3. The first-order chi connectivity index (χ1) is 13.3. The highest BCUT2D eigenvalue weighted by atomic mass is 16.2. The molecule has 0 spiro atoms. The van der Waals surface area contributed by atoms with E-state index >= 15 is 0 Å². The molecular formula is C22H25N3O3. The molecule has 0 aliphatic rings. The summed E-state index contributed by atoms with van der Waals surface area (Å²) in [6.07, 6.45) is 1.01. The van der Waals surface area contributed by atoms with E-state index in [0.29, 0.717) is 16.8 Å². The molecule has 6 heteroatoms. The van der Waals surface area contributed by atoms with Gasteiger partial charge >= 0.3 is 5.69 Å². The van der Waals surface area contributed by atoms with E-state index in [1.165, 1.54) is 5.56 Å². The van der Waals surface area contributed by atoms with Crippen molar-refractivity contribution >= 4 is 16.8 Å². The van der Waals surface area contributed by atoms with Gasteiger partial charge in [0.1, 0.15) is 6.54 Å². The van der Waals surface area contributed by atoms with Crippen molar-refractivity contribution in [1.29, 1.82) is 0 Å². The van der Waals surface area contributed by atoms with E-state index in [2.05, 4.69) is 36.3 Å². The van der Waals surface area contributed by atoms with E-state index in [9.17, 15) is 14.4 Å². The molecule has 1 heterocycles. The summed E-state index contributed by atoms with van der Waals surface area (Å²) < 4.78 is 0.927. The summed E-state index contributed by atoms with van der Waals surface area (Å²) in [4.78, 5) is 39.8. The maximum absolute atomic E-state index is 12.5. The molecule has 28 heavy (non-hydrogen) atoms. The van der Waals surface area contributed by atoms with Crippen LogP contribution in [0.15, 0.2) is 58.1 Å². The number of aromatic amines is 1. The highest BCUT2D eigenvalue weighted by Gasteiger charge is 2.14. The Bertz CT molecular complexity index is 1090. The van der Waals surface area contributed by atoms with Gasteiger partial charge in [0.15, 0.2) is 0 Å². The zero-order valence-electron chi connectivity index (χ0n) is 16.4. The minimum Gasteiger partial charge on any atom is -0.348 e. The number of amides is 1. The maximum atomic E-state index is 12.5. The van der Waals surface area contributed by atoms with E-state index in [1.54, 1.807) is 24.3 Å². The number of benzene rings is 2. The third-order valence-corrected chi connectivity index (χ3v) is 4.69. The average Bonchev–Trinajstić information content (AvgIpc) is 2.65. The van der Waals surface area contributed by atoms with Crippen LogP contribution in [0.5, 0.6) is 0 Å². The van der Waals surface area contributed by atoms with Crippen LogP contribution in [0.2, 0.25) is 0 Å². The van der Waals surface area contributed by atoms with Gasteiger partial charge in [0.05, 0.1) is 16.9 Å². The largest absolute Gasteiger partial charge is 0.348 e. The third-order valence-electron chi connectivity index (χ3n) is 4.69. The molecule has 2 N–H and O–H groups in total. The van der Waals surface area contributed by atoms with Gasteiger partial charge in [0, 0.05) is 0 Å². The maximum Gasteiger partial charge on any atom is 0.329 e. The van der Waals surface area contributed by atoms with Crippen LogP contribution in [-0.4, -0.2) is 15.5 Å². The molecule has 1 atom stereocenters. The molecule has 0 bridgehead atoms. The van der Waals surface area contributed by atoms with E-state index in [1.807, 2.05) is 19.1 Å². The summed E-state index contributed by atoms with van der Waals surface area (Å²) in [6, 6.07) is 14.6. The molecule has 146 valence electrons. The fraction of sp³-hybridized carbons (Fsp3) is 0.318. The zero-order valence-corrected chi connectivity index (χ0v) is 16.4. The van der Waals surface area contributed by atoms with Crippen molar-refractivity contribution in [2.45, 2.75) is 39.8 Å². The second kappa shape index (κ2) is 8.25. The number of nitrogens with one attached hydrogen (secondary N) is 2. The Morgan fingerprint density at radius 2 is 1.71 bits per heavy atom. The van der Waals surface area contributed by atoms with E-state index in [-0.39, 0.29) is 18.5 Å². The number of hydrogen-bond donors (Lipinski definition) is 2. The zero-order chi connectivity index (χ0) is 20.3. The molecule has 1 amide bonds. The molecule has 6 nitrogen and oxygen atoms in total. The molecular weight excluding hydrogens is 354 g/mol. The number of nitrogens with zero attached hydrogens (tertiary/aromatic N) is 1. The topological polar surface area (TPSA) is 84.0 Å². The molecule has 2 aromatic carbocycles. The van der Waals surface area contributed by atoms with E-state index < -0.39 is 11.2 Å². The first kappa shape index (κ1) is 19.6. The highest BCUT2D eigenvalue weighted by Crippen LogP contribution is 2.15. The third kappa shape index (κ3) is 4.39. The number of H-pyrrole nitrogens is 1. The van der Waals surface area contributed by atoms with Gasteiger partial charge in [-0.15, -0.1) is 0 Å². The van der Waals surface area contributed by atoms with Crippen LogP contribution < -0.4 is 16.6 Å². The Balaban J connectivity index is 1.73. The van der Waals surface area contributed by atoms with E-state index in [0.717, 1.165) is 16.6 Å². The Hall–Kier alpha value is -3.15. The van der Waals surface area contributed by atoms with Crippen LogP contribution in [0.3, 0.4) is 0 Å². The molecule has 3 rings (SSSR count). The van der Waals surface area contributed by atoms with Crippen molar-refractivity contribution in [2.24, 2.45) is 5.92 Å². The molecule has 0 saturated heterocycles. The quantitative estimate of drug-likeness (QED) is 0.691. The lowest BCUT2D eigenvalue weighted by Gasteiger charge is -2.16. The van der Waals surface area contributed by atoms with Crippen LogP contribution in [-0.2, 0) is 17.8 Å². The van der Waals surface area contributed by atoms with Crippen molar-refractivity contribution in [3.05, 3.63) is 80.5 Å². The van der Waals surface area contributed by atoms with Gasteiger partial charge in [-0.2, -0.15) is 0 Å². The molecule has 0 saturated carbocycles. The predicted molar refractivity (Wildman–Crippen MR) is 110 cm³/mol. The van der Waals surface area contributed by atoms with Crippen LogP contribution in [0, 0.1) is 5.92 Å². The van der Waals surface area contributed by atoms with Gasteiger partial charge < -0.3 is 10.3 Å². The summed E-state index contributed by atoms with van der Waals surface area (Å²) in [7, 11) is 0. The van der Waals surface area contributed by atoms with Crippen LogP contribution in [0.1, 0.15) is 37.9 Å². The summed E-state index contributed by atoms with van der Waals surface area (Å²) >= 11 is 0. The SMILES string of the molecule is CC(C)Cc1ccc(C(C)NC(=O)Cn2c(=O)[nH]c3ccccc3c2=O)cc1. The number of aromatic nitrogens is 2. The minimum absolute atomic E-state index is 0.226.